The standard InChI is InChI=1S/C13H14O4/c1-2-3-4-8-5-12(16)17-11-7-9(14)6-10(15)13(8)11/h5-7,14-15H,2-4H2,1H3. The monoisotopic (exact) mass is 234 g/mol. The van der Waals surface area contributed by atoms with Crippen LogP contribution in [0.3, 0.4) is 0 Å². The number of phenols is 2. The molecule has 4 nitrogen and oxygen atoms in total. The predicted octanol–water partition coefficient (Wildman–Crippen LogP) is 2.55. The highest BCUT2D eigenvalue weighted by molar-refractivity contribution is 5.87. The van der Waals surface area contributed by atoms with E-state index in [1.54, 1.807) is 0 Å². The summed E-state index contributed by atoms with van der Waals surface area (Å²) in [5, 5.41) is 19.7. The lowest BCUT2D eigenvalue weighted by Gasteiger charge is -2.06. The average molecular weight is 234 g/mol. The van der Waals surface area contributed by atoms with Crippen LogP contribution in [-0.2, 0) is 6.42 Å². The molecule has 17 heavy (non-hydrogen) atoms. The van der Waals surface area contributed by atoms with Gasteiger partial charge in [0.25, 0.3) is 0 Å². The molecular weight excluding hydrogens is 220 g/mol. The second kappa shape index (κ2) is 4.49. The summed E-state index contributed by atoms with van der Waals surface area (Å²) in [6.07, 6.45) is 2.64. The Labute approximate surface area is 98.1 Å². The van der Waals surface area contributed by atoms with Gasteiger partial charge in [0, 0.05) is 18.2 Å². The molecule has 2 N–H and O–H groups in total. The van der Waals surface area contributed by atoms with Gasteiger partial charge >= 0.3 is 5.63 Å². The third-order valence-corrected chi connectivity index (χ3v) is 2.69. The first-order valence-electron chi connectivity index (χ1n) is 5.60. The second-order valence-electron chi connectivity index (χ2n) is 4.03. The van der Waals surface area contributed by atoms with Gasteiger partial charge in [-0.2, -0.15) is 0 Å². The van der Waals surface area contributed by atoms with Gasteiger partial charge in [-0.3, -0.25) is 0 Å². The minimum absolute atomic E-state index is 0.0603. The first kappa shape index (κ1) is 11.5. The van der Waals surface area contributed by atoms with Gasteiger partial charge in [0.2, 0.25) is 0 Å². The second-order valence-corrected chi connectivity index (χ2v) is 4.03. The van der Waals surface area contributed by atoms with Crippen LogP contribution >= 0.6 is 0 Å². The van der Waals surface area contributed by atoms with Crippen LogP contribution in [0.5, 0.6) is 11.5 Å². The summed E-state index contributed by atoms with van der Waals surface area (Å²) >= 11 is 0. The van der Waals surface area contributed by atoms with Crippen LogP contribution in [0, 0.1) is 0 Å². The normalized spacial score (nSPS) is 10.9. The molecule has 0 atom stereocenters. The zero-order valence-electron chi connectivity index (χ0n) is 9.56. The van der Waals surface area contributed by atoms with E-state index in [4.69, 9.17) is 4.42 Å². The number of fused-ring (bicyclic) bond motifs is 1. The largest absolute Gasteiger partial charge is 0.508 e. The number of hydrogen-bond acceptors (Lipinski definition) is 4. The molecule has 1 heterocycles. The van der Waals surface area contributed by atoms with Gasteiger partial charge in [-0.1, -0.05) is 13.3 Å². The number of benzene rings is 1. The van der Waals surface area contributed by atoms with Crippen molar-refractivity contribution >= 4 is 11.0 Å². The number of phenolic OH excluding ortho intramolecular Hbond substituents is 2. The Hall–Kier alpha value is -1.97. The molecule has 0 amide bonds. The minimum atomic E-state index is -0.464. The first-order valence-corrected chi connectivity index (χ1v) is 5.60. The van der Waals surface area contributed by atoms with Crippen molar-refractivity contribution in [2.75, 3.05) is 0 Å². The zero-order valence-corrected chi connectivity index (χ0v) is 9.56. The van der Waals surface area contributed by atoms with E-state index in [9.17, 15) is 15.0 Å². The molecule has 0 saturated heterocycles. The summed E-state index contributed by atoms with van der Waals surface area (Å²) in [7, 11) is 0. The molecular formula is C13H14O4. The number of unbranched alkanes of at least 4 members (excludes halogenated alkanes) is 1. The van der Waals surface area contributed by atoms with Gasteiger partial charge in [-0.05, 0) is 18.4 Å². The Bertz CT molecular complexity index is 598. The molecule has 0 bridgehead atoms. The Kier molecular flexibility index (Phi) is 3.04. The van der Waals surface area contributed by atoms with Crippen LogP contribution in [-0.4, -0.2) is 10.2 Å². The van der Waals surface area contributed by atoms with Crippen molar-refractivity contribution in [3.63, 3.8) is 0 Å². The first-order chi connectivity index (χ1) is 8.11. The lowest BCUT2D eigenvalue weighted by Crippen LogP contribution is -2.01. The highest BCUT2D eigenvalue weighted by atomic mass is 16.4. The summed E-state index contributed by atoms with van der Waals surface area (Å²) in [5.41, 5.74) is 0.519. The van der Waals surface area contributed by atoms with E-state index in [2.05, 4.69) is 6.92 Å². The van der Waals surface area contributed by atoms with Gasteiger partial charge in [0.1, 0.15) is 17.1 Å². The molecule has 0 spiro atoms. The molecule has 0 aliphatic heterocycles. The SMILES string of the molecule is CCCCc1cc(=O)oc2cc(O)cc(O)c12. The van der Waals surface area contributed by atoms with E-state index in [0.717, 1.165) is 18.4 Å². The number of aryl methyl sites for hydroxylation is 1. The highest BCUT2D eigenvalue weighted by Gasteiger charge is 2.11. The summed E-state index contributed by atoms with van der Waals surface area (Å²) in [6.45, 7) is 2.05. The van der Waals surface area contributed by atoms with Crippen molar-refractivity contribution in [3.05, 3.63) is 34.2 Å². The predicted molar refractivity (Wildman–Crippen MR) is 64.4 cm³/mol. The lowest BCUT2D eigenvalue weighted by molar-refractivity contribution is 0.450. The molecule has 0 saturated carbocycles. The van der Waals surface area contributed by atoms with E-state index >= 15 is 0 Å². The van der Waals surface area contributed by atoms with Gasteiger partial charge in [-0.15, -0.1) is 0 Å². The molecule has 2 rings (SSSR count). The van der Waals surface area contributed by atoms with E-state index < -0.39 is 5.63 Å². The lowest BCUT2D eigenvalue weighted by atomic mass is 10.0. The molecule has 2 aromatic rings. The Balaban J connectivity index is 2.69. The van der Waals surface area contributed by atoms with E-state index in [1.807, 2.05) is 0 Å². The summed E-state index contributed by atoms with van der Waals surface area (Å²) in [6, 6.07) is 3.98. The Morgan fingerprint density at radius 1 is 1.24 bits per heavy atom. The quantitative estimate of drug-likeness (QED) is 0.800. The molecule has 4 heteroatoms. The number of hydrogen-bond donors (Lipinski definition) is 2. The zero-order chi connectivity index (χ0) is 12.4. The van der Waals surface area contributed by atoms with E-state index in [-0.39, 0.29) is 17.1 Å². The summed E-state index contributed by atoms with van der Waals surface area (Å²) in [5.74, 6) is -0.180. The highest BCUT2D eigenvalue weighted by Crippen LogP contribution is 2.31. The van der Waals surface area contributed by atoms with Crippen LogP contribution in [0.2, 0.25) is 0 Å². The minimum Gasteiger partial charge on any atom is -0.508 e. The average Bonchev–Trinajstić information content (AvgIpc) is 2.24. The fourth-order valence-electron chi connectivity index (χ4n) is 1.91. The van der Waals surface area contributed by atoms with Crippen LogP contribution in [0.15, 0.2) is 27.4 Å². The molecule has 0 unspecified atom stereocenters. The Morgan fingerprint density at radius 3 is 2.71 bits per heavy atom. The van der Waals surface area contributed by atoms with Crippen molar-refractivity contribution in [2.45, 2.75) is 26.2 Å². The van der Waals surface area contributed by atoms with E-state index in [1.165, 1.54) is 18.2 Å². The van der Waals surface area contributed by atoms with Crippen molar-refractivity contribution in [2.24, 2.45) is 0 Å². The molecule has 0 radical (unpaired) electrons. The summed E-state index contributed by atoms with van der Waals surface area (Å²) < 4.78 is 4.97. The van der Waals surface area contributed by atoms with Gasteiger partial charge in [0.05, 0.1) is 5.39 Å². The van der Waals surface area contributed by atoms with Crippen molar-refractivity contribution in [1.29, 1.82) is 0 Å². The third kappa shape index (κ3) is 2.25. The van der Waals surface area contributed by atoms with Gasteiger partial charge in [0.15, 0.2) is 0 Å². The molecule has 0 fully saturated rings. The van der Waals surface area contributed by atoms with Crippen LogP contribution in [0.25, 0.3) is 11.0 Å². The number of aromatic hydroxyl groups is 2. The fraction of sp³-hybridized carbons (Fsp3) is 0.308. The van der Waals surface area contributed by atoms with E-state index in [0.29, 0.717) is 11.8 Å². The maximum Gasteiger partial charge on any atom is 0.336 e. The van der Waals surface area contributed by atoms with Gasteiger partial charge < -0.3 is 14.6 Å². The topological polar surface area (TPSA) is 70.7 Å². The Morgan fingerprint density at radius 2 is 2.00 bits per heavy atom. The number of rotatable bonds is 3. The smallest absolute Gasteiger partial charge is 0.336 e. The van der Waals surface area contributed by atoms with Crippen molar-refractivity contribution in [1.82, 2.24) is 0 Å². The molecule has 0 aliphatic carbocycles. The maximum absolute atomic E-state index is 11.4. The van der Waals surface area contributed by atoms with Crippen molar-refractivity contribution < 1.29 is 14.6 Å². The molecule has 1 aromatic heterocycles. The van der Waals surface area contributed by atoms with Crippen molar-refractivity contribution in [3.8, 4) is 11.5 Å². The molecule has 1 aromatic carbocycles. The van der Waals surface area contributed by atoms with Crippen LogP contribution < -0.4 is 5.63 Å². The summed E-state index contributed by atoms with van der Waals surface area (Å²) in [4.78, 5) is 11.4. The van der Waals surface area contributed by atoms with Crippen LogP contribution in [0.1, 0.15) is 25.3 Å². The maximum atomic E-state index is 11.4. The fourth-order valence-corrected chi connectivity index (χ4v) is 1.91. The third-order valence-electron chi connectivity index (χ3n) is 2.69. The molecule has 90 valence electrons. The van der Waals surface area contributed by atoms with Crippen LogP contribution in [0.4, 0.5) is 0 Å². The van der Waals surface area contributed by atoms with Gasteiger partial charge in [-0.25, -0.2) is 4.79 Å². The molecule has 0 aliphatic rings.